The van der Waals surface area contributed by atoms with Crippen LogP contribution in [0.15, 0.2) is 0 Å². The Bertz CT molecular complexity index is 34.7. The van der Waals surface area contributed by atoms with Crippen LogP contribution < -0.4 is 0 Å². The van der Waals surface area contributed by atoms with Crippen LogP contribution in [0.2, 0.25) is 0 Å². The van der Waals surface area contributed by atoms with Crippen molar-refractivity contribution in [1.82, 2.24) is 0 Å². The van der Waals surface area contributed by atoms with E-state index in [2.05, 4.69) is 0 Å². The van der Waals surface area contributed by atoms with E-state index in [1.54, 1.807) is 0 Å². The van der Waals surface area contributed by atoms with Gasteiger partial charge in [0, 0.05) is 0 Å². The van der Waals surface area contributed by atoms with Gasteiger partial charge in [-0.05, 0) is 0 Å². The Morgan fingerprint density at radius 1 is 0.263 bits per heavy atom. The average molecular weight is 730 g/mol. The van der Waals surface area contributed by atoms with Gasteiger partial charge in [0.25, 0.3) is 0 Å². The summed E-state index contributed by atoms with van der Waals surface area (Å²) in [6.45, 7) is 0. The summed E-state index contributed by atoms with van der Waals surface area (Å²) in [7, 11) is 0. The van der Waals surface area contributed by atoms with Gasteiger partial charge in [-0.25, -0.2) is 0 Å². The molecule has 0 saturated heterocycles. The summed E-state index contributed by atoms with van der Waals surface area (Å²) in [5, 5.41) is 0. The maximum absolute atomic E-state index is 0. The molecule has 0 bridgehead atoms. The van der Waals surface area contributed by atoms with E-state index >= 15 is 0 Å². The van der Waals surface area contributed by atoms with E-state index in [-0.39, 0.29) is 225 Å². The molecular formula is Al2Ga2In2O11Zn2. The van der Waals surface area contributed by atoms with E-state index in [1.165, 1.54) is 0 Å². The van der Waals surface area contributed by atoms with Crippen LogP contribution >= 0.6 is 0 Å². The average Bonchev–Trinajstić information content (AvgIpc) is 0. The first kappa shape index (κ1) is 524. The summed E-state index contributed by atoms with van der Waals surface area (Å²) < 4.78 is 0. The second kappa shape index (κ2) is 459. The zero-order valence-corrected chi connectivity index (χ0v) is 29.0. The van der Waals surface area contributed by atoms with Crippen molar-refractivity contribution < 1.29 is 99.2 Å². The first-order valence-corrected chi connectivity index (χ1v) is 0. The van der Waals surface area contributed by atoms with Crippen LogP contribution in [-0.2, 0) is 99.2 Å². The molecule has 0 aromatic heterocycles. The fraction of sp³-hybridized carbons (Fsp3) is 0. The van der Waals surface area contributed by atoms with Gasteiger partial charge in [0.05, 0.1) is 0 Å². The van der Waals surface area contributed by atoms with Gasteiger partial charge in [-0.2, -0.15) is 0 Å². The number of hydrogen-bond acceptors (Lipinski definition) is 0. The number of rotatable bonds is 0. The van der Waals surface area contributed by atoms with E-state index < -0.39 is 0 Å². The van der Waals surface area contributed by atoms with Gasteiger partial charge in [0.1, 0.15) is 0 Å². The van der Waals surface area contributed by atoms with Gasteiger partial charge < -0.3 is 60.2 Å². The Morgan fingerprint density at radius 3 is 0.263 bits per heavy atom. The van der Waals surface area contributed by atoms with Crippen molar-refractivity contribution in [3.05, 3.63) is 0 Å². The molecule has 11 nitrogen and oxygen atoms in total. The topological polar surface area (TPSA) is 314 Å². The first-order valence-electron chi connectivity index (χ1n) is 0. The zero-order valence-electron chi connectivity index (χ0n) is 9.37. The van der Waals surface area contributed by atoms with E-state index in [1.807, 2.05) is 0 Å². The molecule has 0 spiro atoms. The van der Waals surface area contributed by atoms with Crippen molar-refractivity contribution in [3.63, 3.8) is 0 Å². The van der Waals surface area contributed by atoms with Crippen LogP contribution in [0.3, 0.4) is 0 Å². The molecule has 0 aromatic carbocycles. The van der Waals surface area contributed by atoms with Gasteiger partial charge in [0.2, 0.25) is 0 Å². The van der Waals surface area contributed by atoms with Crippen LogP contribution in [0, 0.1) is 0 Å². The summed E-state index contributed by atoms with van der Waals surface area (Å²) in [4.78, 5) is 0. The van der Waals surface area contributed by atoms with E-state index in [4.69, 9.17) is 0 Å². The quantitative estimate of drug-likeness (QED) is 0.218. The molecule has 0 unspecified atom stereocenters. The molecule has 0 saturated carbocycles. The van der Waals surface area contributed by atoms with Crippen LogP contribution in [0.5, 0.6) is 0 Å². The summed E-state index contributed by atoms with van der Waals surface area (Å²) in [6.07, 6.45) is 0. The molecule has 0 aromatic rings. The van der Waals surface area contributed by atoms with Crippen LogP contribution in [0.1, 0.15) is 0 Å². The molecule has 0 fully saturated rings. The SMILES string of the molecule is [Al+3].[Al+3].[Ga+3].[Ga+3].[In+3].[In+3].[O-2].[O-2].[O-2].[O-2].[O-2].[O-2].[O-2].[O-2].[O-2].[O-2].[O-2].[Zn+2].[Zn+2]. The van der Waals surface area contributed by atoms with E-state index in [0.29, 0.717) is 0 Å². The molecular weight excluding hydrogens is 730 g/mol. The summed E-state index contributed by atoms with van der Waals surface area (Å²) >= 11 is 0. The predicted molar refractivity (Wildman–Crippen MR) is 42.1 cm³/mol. The Balaban J connectivity index is 0. The summed E-state index contributed by atoms with van der Waals surface area (Å²) in [5.74, 6) is 0. The minimum absolute atomic E-state index is 0. The Morgan fingerprint density at radius 2 is 0.263 bits per heavy atom. The third-order valence-electron chi connectivity index (χ3n) is 0. The monoisotopic (exact) mass is 725 g/mol. The second-order valence-electron chi connectivity index (χ2n) is 0. The minimum atomic E-state index is 0. The van der Waals surface area contributed by atoms with Gasteiger partial charge in [0.15, 0.2) is 0 Å². The molecule has 0 heterocycles. The Labute approximate surface area is 221 Å². The predicted octanol–water partition coefficient (Wildman–Crippen LogP) is -3.60. The molecule has 88 valence electrons. The van der Waals surface area contributed by atoms with Gasteiger partial charge in [-0.1, -0.05) is 0 Å². The van der Waals surface area contributed by atoms with E-state index in [9.17, 15) is 0 Å². The van der Waals surface area contributed by atoms with Crippen LogP contribution in [-0.4, -0.2) is 126 Å². The third-order valence-corrected chi connectivity index (χ3v) is 0. The molecule has 0 aliphatic carbocycles. The summed E-state index contributed by atoms with van der Waals surface area (Å²) in [5.41, 5.74) is 0. The van der Waals surface area contributed by atoms with Crippen molar-refractivity contribution in [3.8, 4) is 0 Å². The van der Waals surface area contributed by atoms with Gasteiger partial charge in [-0.15, -0.1) is 0 Å². The van der Waals surface area contributed by atoms with Crippen LogP contribution in [0.25, 0.3) is 0 Å². The minimum Gasteiger partial charge on any atom is -2.00 e. The maximum Gasteiger partial charge on any atom is 3.00 e. The number of hydrogen-bond donors (Lipinski definition) is 0. The normalized spacial score (nSPS) is 0. The van der Waals surface area contributed by atoms with Crippen molar-refractivity contribution in [2.75, 3.05) is 0 Å². The third kappa shape index (κ3) is 418. The Kier molecular flexibility index (Phi) is 12700. The molecule has 0 radical (unpaired) electrons. The smallest absolute Gasteiger partial charge is 2.00 e. The van der Waals surface area contributed by atoms with Crippen LogP contribution in [0.4, 0.5) is 0 Å². The molecule has 0 atom stereocenters. The standard InChI is InChI=1S/2Al.2Ga.2In.11O.2Zn/q6*+3;11*-2;2*+2. The fourth-order valence-corrected chi connectivity index (χ4v) is 0. The maximum atomic E-state index is 0. The van der Waals surface area contributed by atoms with Gasteiger partial charge in [-0.3, -0.25) is 0 Å². The molecule has 0 N–H and O–H groups in total. The van der Waals surface area contributed by atoms with E-state index in [0.717, 1.165) is 0 Å². The molecule has 0 aliphatic heterocycles. The molecule has 0 aliphatic rings. The zero-order chi connectivity index (χ0) is 0. The summed E-state index contributed by atoms with van der Waals surface area (Å²) in [6, 6.07) is 0. The first-order chi connectivity index (χ1) is 0. The van der Waals surface area contributed by atoms with Crippen molar-refractivity contribution in [1.29, 1.82) is 0 Å². The molecule has 19 heteroatoms. The largest absolute Gasteiger partial charge is 3.00 e. The fourth-order valence-electron chi connectivity index (χ4n) is 0. The molecule has 19 heavy (non-hydrogen) atoms. The second-order valence-corrected chi connectivity index (χ2v) is 0. The molecule has 0 amide bonds. The Hall–Kier alpha value is 4.88. The van der Waals surface area contributed by atoms with Crippen molar-refractivity contribution in [2.24, 2.45) is 0 Å². The molecule has 0 rings (SSSR count). The van der Waals surface area contributed by atoms with Crippen molar-refractivity contribution >= 4 is 126 Å². The van der Waals surface area contributed by atoms with Crippen molar-refractivity contribution in [2.45, 2.75) is 0 Å². The van der Waals surface area contributed by atoms with Gasteiger partial charge >= 0.3 is 165 Å².